The average molecular weight is 322 g/mol. The first-order chi connectivity index (χ1) is 11.6. The van der Waals surface area contributed by atoms with Crippen molar-refractivity contribution in [3.8, 4) is 11.3 Å². The summed E-state index contributed by atoms with van der Waals surface area (Å²) in [5, 5.41) is 9.63. The Balaban J connectivity index is 2.47. The lowest BCUT2D eigenvalue weighted by molar-refractivity contribution is 0.0694. The Labute approximate surface area is 135 Å². The number of carboxylic acid groups (broad SMARTS) is 1. The number of fused-ring (bicyclic) bond motifs is 1. The summed E-state index contributed by atoms with van der Waals surface area (Å²) in [6, 6.07) is 10.5. The molecule has 6 heteroatoms. The SMILES string of the molecule is O=Cc1cccc(-c2oc3ccccc3c(=O)c2C=O)c1C(=O)O. The number of carbonyl (C=O) groups excluding carboxylic acids is 2. The Bertz CT molecular complexity index is 1050. The van der Waals surface area contributed by atoms with Crippen LogP contribution in [0.15, 0.2) is 51.7 Å². The molecule has 0 atom stereocenters. The van der Waals surface area contributed by atoms with Gasteiger partial charge in [0.15, 0.2) is 12.6 Å². The molecule has 6 nitrogen and oxygen atoms in total. The molecular formula is C18H10O6. The van der Waals surface area contributed by atoms with E-state index in [1.807, 2.05) is 0 Å². The minimum Gasteiger partial charge on any atom is -0.478 e. The molecule has 1 aromatic heterocycles. The van der Waals surface area contributed by atoms with Gasteiger partial charge in [-0.05, 0) is 12.1 Å². The molecule has 0 aliphatic heterocycles. The number of para-hydroxylation sites is 1. The van der Waals surface area contributed by atoms with Crippen LogP contribution in [-0.4, -0.2) is 23.6 Å². The van der Waals surface area contributed by atoms with E-state index in [0.29, 0.717) is 12.6 Å². The molecule has 118 valence electrons. The van der Waals surface area contributed by atoms with Crippen LogP contribution in [0, 0.1) is 0 Å². The molecule has 0 saturated heterocycles. The van der Waals surface area contributed by atoms with Crippen molar-refractivity contribution in [2.24, 2.45) is 0 Å². The van der Waals surface area contributed by atoms with Crippen molar-refractivity contribution < 1.29 is 23.9 Å². The van der Waals surface area contributed by atoms with Gasteiger partial charge in [-0.1, -0.05) is 30.3 Å². The minimum atomic E-state index is -1.36. The number of carboxylic acids is 1. The highest BCUT2D eigenvalue weighted by Crippen LogP contribution is 2.29. The predicted octanol–water partition coefficient (Wildman–Crippen LogP) is 2.78. The molecule has 0 bridgehead atoms. The summed E-state index contributed by atoms with van der Waals surface area (Å²) in [6.45, 7) is 0. The van der Waals surface area contributed by atoms with E-state index in [2.05, 4.69) is 0 Å². The van der Waals surface area contributed by atoms with Crippen LogP contribution in [0.2, 0.25) is 0 Å². The van der Waals surface area contributed by atoms with Crippen molar-refractivity contribution in [3.05, 3.63) is 69.4 Å². The van der Waals surface area contributed by atoms with Gasteiger partial charge in [-0.2, -0.15) is 0 Å². The lowest BCUT2D eigenvalue weighted by Gasteiger charge is -2.10. The highest BCUT2D eigenvalue weighted by Gasteiger charge is 2.22. The summed E-state index contributed by atoms with van der Waals surface area (Å²) in [5.41, 5.74) is -1.04. The Morgan fingerprint density at radius 3 is 2.42 bits per heavy atom. The number of hydrogen-bond donors (Lipinski definition) is 1. The van der Waals surface area contributed by atoms with E-state index < -0.39 is 11.4 Å². The van der Waals surface area contributed by atoms with Gasteiger partial charge in [0.05, 0.1) is 10.9 Å². The molecule has 0 radical (unpaired) electrons. The number of aromatic carboxylic acids is 1. The normalized spacial score (nSPS) is 10.5. The fourth-order valence-electron chi connectivity index (χ4n) is 2.56. The van der Waals surface area contributed by atoms with E-state index in [9.17, 15) is 24.3 Å². The summed E-state index contributed by atoms with van der Waals surface area (Å²) in [5.74, 6) is -1.53. The maximum Gasteiger partial charge on any atom is 0.337 e. The highest BCUT2D eigenvalue weighted by molar-refractivity contribution is 6.05. The van der Waals surface area contributed by atoms with Crippen molar-refractivity contribution >= 4 is 29.5 Å². The molecule has 0 saturated carbocycles. The zero-order valence-corrected chi connectivity index (χ0v) is 12.2. The highest BCUT2D eigenvalue weighted by atomic mass is 16.4. The molecule has 1 N–H and O–H groups in total. The van der Waals surface area contributed by atoms with Crippen LogP contribution in [0.5, 0.6) is 0 Å². The monoisotopic (exact) mass is 322 g/mol. The van der Waals surface area contributed by atoms with E-state index in [-0.39, 0.29) is 39.0 Å². The van der Waals surface area contributed by atoms with Gasteiger partial charge in [0.25, 0.3) is 0 Å². The van der Waals surface area contributed by atoms with E-state index in [1.165, 1.54) is 24.3 Å². The van der Waals surface area contributed by atoms with Crippen LogP contribution < -0.4 is 5.43 Å². The molecule has 2 aromatic carbocycles. The third kappa shape index (κ3) is 2.30. The molecule has 0 spiro atoms. The summed E-state index contributed by atoms with van der Waals surface area (Å²) in [4.78, 5) is 46.6. The molecule has 3 aromatic rings. The molecule has 1 heterocycles. The maximum absolute atomic E-state index is 12.5. The zero-order valence-electron chi connectivity index (χ0n) is 12.2. The van der Waals surface area contributed by atoms with Crippen LogP contribution in [0.1, 0.15) is 31.1 Å². The van der Waals surface area contributed by atoms with Crippen LogP contribution in [-0.2, 0) is 0 Å². The fraction of sp³-hybridized carbons (Fsp3) is 0. The number of aldehydes is 2. The van der Waals surface area contributed by atoms with Crippen molar-refractivity contribution in [2.45, 2.75) is 0 Å². The van der Waals surface area contributed by atoms with Gasteiger partial charge in [-0.15, -0.1) is 0 Å². The van der Waals surface area contributed by atoms with Gasteiger partial charge in [-0.25, -0.2) is 4.79 Å². The first-order valence-electron chi connectivity index (χ1n) is 6.91. The number of rotatable bonds is 4. The Morgan fingerprint density at radius 2 is 1.75 bits per heavy atom. The average Bonchev–Trinajstić information content (AvgIpc) is 2.60. The van der Waals surface area contributed by atoms with E-state index in [0.717, 1.165) is 0 Å². The molecule has 24 heavy (non-hydrogen) atoms. The van der Waals surface area contributed by atoms with Crippen LogP contribution in [0.25, 0.3) is 22.3 Å². The van der Waals surface area contributed by atoms with Gasteiger partial charge < -0.3 is 9.52 Å². The Morgan fingerprint density at radius 1 is 1.00 bits per heavy atom. The van der Waals surface area contributed by atoms with E-state index in [1.54, 1.807) is 18.2 Å². The second-order valence-electron chi connectivity index (χ2n) is 4.98. The van der Waals surface area contributed by atoms with Gasteiger partial charge in [0, 0.05) is 11.1 Å². The molecule has 3 rings (SSSR count). The Kier molecular flexibility index (Phi) is 3.79. The van der Waals surface area contributed by atoms with Crippen molar-refractivity contribution in [1.29, 1.82) is 0 Å². The topological polar surface area (TPSA) is 102 Å². The van der Waals surface area contributed by atoms with Crippen molar-refractivity contribution in [3.63, 3.8) is 0 Å². The largest absolute Gasteiger partial charge is 0.478 e. The second kappa shape index (κ2) is 5.92. The predicted molar refractivity (Wildman–Crippen MR) is 85.7 cm³/mol. The number of benzene rings is 2. The van der Waals surface area contributed by atoms with Crippen molar-refractivity contribution in [2.75, 3.05) is 0 Å². The number of carbonyl (C=O) groups is 3. The quantitative estimate of drug-likeness (QED) is 0.741. The Hall–Kier alpha value is -3.54. The fourth-order valence-corrected chi connectivity index (χ4v) is 2.56. The summed E-state index contributed by atoms with van der Waals surface area (Å²) in [7, 11) is 0. The summed E-state index contributed by atoms with van der Waals surface area (Å²) >= 11 is 0. The lowest BCUT2D eigenvalue weighted by atomic mass is 9.97. The molecular weight excluding hydrogens is 312 g/mol. The molecule has 0 aliphatic rings. The maximum atomic E-state index is 12.5. The van der Waals surface area contributed by atoms with Crippen LogP contribution in [0.3, 0.4) is 0 Å². The summed E-state index contributed by atoms with van der Waals surface area (Å²) < 4.78 is 5.63. The van der Waals surface area contributed by atoms with Gasteiger partial charge >= 0.3 is 5.97 Å². The molecule has 0 fully saturated rings. The molecule has 0 amide bonds. The van der Waals surface area contributed by atoms with Crippen LogP contribution >= 0.6 is 0 Å². The minimum absolute atomic E-state index is 0.00273. The second-order valence-corrected chi connectivity index (χ2v) is 4.98. The van der Waals surface area contributed by atoms with Crippen LogP contribution in [0.4, 0.5) is 0 Å². The molecule has 0 aliphatic carbocycles. The first kappa shape index (κ1) is 15.4. The summed E-state index contributed by atoms with van der Waals surface area (Å²) in [6.07, 6.45) is 0.722. The first-order valence-corrected chi connectivity index (χ1v) is 6.91. The van der Waals surface area contributed by atoms with E-state index >= 15 is 0 Å². The standard InChI is InChI=1S/C18H10O6/c19-8-10-4-3-6-12(15(10)18(22)23)17-13(9-20)16(21)11-5-1-2-7-14(11)24-17/h1-9H,(H,22,23). The van der Waals surface area contributed by atoms with Gasteiger partial charge in [0.2, 0.25) is 5.43 Å². The number of hydrogen-bond acceptors (Lipinski definition) is 5. The third-order valence-electron chi connectivity index (χ3n) is 3.63. The third-order valence-corrected chi connectivity index (χ3v) is 3.63. The lowest BCUT2D eigenvalue weighted by Crippen LogP contribution is -2.12. The van der Waals surface area contributed by atoms with Gasteiger partial charge in [0.1, 0.15) is 16.9 Å². The zero-order chi connectivity index (χ0) is 17.3. The van der Waals surface area contributed by atoms with E-state index in [4.69, 9.17) is 4.42 Å². The van der Waals surface area contributed by atoms with Crippen molar-refractivity contribution in [1.82, 2.24) is 0 Å². The smallest absolute Gasteiger partial charge is 0.337 e. The van der Waals surface area contributed by atoms with Gasteiger partial charge in [-0.3, -0.25) is 14.4 Å². The molecule has 0 unspecified atom stereocenters.